The molecule has 2 aliphatic rings. The van der Waals surface area contributed by atoms with E-state index in [-0.39, 0.29) is 19.1 Å². The Morgan fingerprint density at radius 2 is 2.10 bits per heavy atom. The number of halogens is 1. The number of carboxylic acids is 1. The molecule has 170 valence electrons. The molecule has 0 amide bonds. The maximum atomic E-state index is 14.8. The molecule has 2 unspecified atom stereocenters. The zero-order chi connectivity index (χ0) is 22.8. The predicted molar refractivity (Wildman–Crippen MR) is 107 cm³/mol. The number of nitrogens with zero attached hydrogens (tertiary/aromatic N) is 3. The number of hydrogen-bond donors (Lipinski definition) is 2. The normalized spacial score (nSPS) is 23.5. The standard InChI is InChI=1S/C19H24FN3O7S/c1-31(27,28)29-11-14-10-23(19(26)30-14)13-2-3-17(16(20)8-13)22-6-4-12(5-7-22)15(9-21)18(24)25/h2-3,8,12,14-15,19,26H,4-7,10-11H2,1H3,(H,24,25)/t14-,15?,19?/m1/s1. The van der Waals surface area contributed by atoms with E-state index in [1.165, 1.54) is 11.0 Å². The molecule has 0 saturated carbocycles. The van der Waals surface area contributed by atoms with Crippen LogP contribution in [0.15, 0.2) is 18.2 Å². The maximum absolute atomic E-state index is 14.8. The number of aliphatic carboxylic acids is 1. The van der Waals surface area contributed by atoms with Crippen molar-refractivity contribution in [1.82, 2.24) is 0 Å². The van der Waals surface area contributed by atoms with Gasteiger partial charge in [-0.25, -0.2) is 4.39 Å². The van der Waals surface area contributed by atoms with Crippen LogP contribution in [0.1, 0.15) is 12.8 Å². The van der Waals surface area contributed by atoms with E-state index >= 15 is 0 Å². The van der Waals surface area contributed by atoms with Crippen molar-refractivity contribution in [3.8, 4) is 6.07 Å². The second-order valence-corrected chi connectivity index (χ2v) is 9.27. The van der Waals surface area contributed by atoms with Gasteiger partial charge in [0, 0.05) is 18.8 Å². The molecule has 10 nitrogen and oxygen atoms in total. The van der Waals surface area contributed by atoms with Gasteiger partial charge in [0.2, 0.25) is 6.41 Å². The minimum Gasteiger partial charge on any atom is -0.480 e. The van der Waals surface area contributed by atoms with Gasteiger partial charge in [0.05, 0.1) is 31.2 Å². The molecule has 31 heavy (non-hydrogen) atoms. The van der Waals surface area contributed by atoms with Crippen LogP contribution in [0.3, 0.4) is 0 Å². The lowest BCUT2D eigenvalue weighted by Gasteiger charge is -2.34. The summed E-state index contributed by atoms with van der Waals surface area (Å²) in [7, 11) is -3.65. The second-order valence-electron chi connectivity index (χ2n) is 7.63. The van der Waals surface area contributed by atoms with Crippen molar-refractivity contribution in [2.45, 2.75) is 25.4 Å². The number of ether oxygens (including phenoxy) is 1. The quantitative estimate of drug-likeness (QED) is 0.563. The third-order valence-electron chi connectivity index (χ3n) is 5.47. The lowest BCUT2D eigenvalue weighted by molar-refractivity contribution is -0.141. The molecule has 0 aromatic heterocycles. The number of aliphatic hydroxyl groups excluding tert-OH is 1. The largest absolute Gasteiger partial charge is 0.480 e. The van der Waals surface area contributed by atoms with Crippen molar-refractivity contribution in [3.05, 3.63) is 24.0 Å². The van der Waals surface area contributed by atoms with Crippen molar-refractivity contribution in [2.24, 2.45) is 11.8 Å². The SMILES string of the molecule is CS(=O)(=O)OC[C@H]1CN(c2ccc(N3CCC(C(C#N)C(=O)O)CC3)c(F)c2)C(O)O1. The van der Waals surface area contributed by atoms with E-state index in [0.29, 0.717) is 37.3 Å². The molecule has 2 fully saturated rings. The number of carbonyl (C=O) groups is 1. The number of hydrogen-bond acceptors (Lipinski definition) is 9. The van der Waals surface area contributed by atoms with Gasteiger partial charge in [0.1, 0.15) is 17.8 Å². The van der Waals surface area contributed by atoms with Crippen LogP contribution in [0.5, 0.6) is 0 Å². The summed E-state index contributed by atoms with van der Waals surface area (Å²) in [6.45, 7) is 0.701. The van der Waals surface area contributed by atoms with Gasteiger partial charge in [0.25, 0.3) is 10.1 Å². The highest BCUT2D eigenvalue weighted by atomic mass is 32.2. The van der Waals surface area contributed by atoms with E-state index in [1.54, 1.807) is 17.0 Å². The van der Waals surface area contributed by atoms with Crippen LogP contribution in [0.2, 0.25) is 0 Å². The number of carboxylic acid groups (broad SMARTS) is 1. The summed E-state index contributed by atoms with van der Waals surface area (Å²) >= 11 is 0. The van der Waals surface area contributed by atoms with Gasteiger partial charge in [-0.15, -0.1) is 0 Å². The molecular weight excluding hydrogens is 433 g/mol. The van der Waals surface area contributed by atoms with Crippen molar-refractivity contribution in [2.75, 3.05) is 42.3 Å². The fraction of sp³-hybridized carbons (Fsp3) is 0.579. The lowest BCUT2D eigenvalue weighted by atomic mass is 9.85. The van der Waals surface area contributed by atoms with Crippen LogP contribution in [0.4, 0.5) is 15.8 Å². The summed E-state index contributed by atoms with van der Waals surface area (Å²) in [6, 6.07) is 6.26. The molecule has 12 heteroatoms. The molecule has 2 N–H and O–H groups in total. The zero-order valence-corrected chi connectivity index (χ0v) is 17.7. The van der Waals surface area contributed by atoms with E-state index < -0.39 is 40.3 Å². The van der Waals surface area contributed by atoms with Gasteiger partial charge in [-0.3, -0.25) is 8.98 Å². The molecule has 1 aromatic carbocycles. The Labute approximate surface area is 179 Å². The average Bonchev–Trinajstić information content (AvgIpc) is 3.07. The van der Waals surface area contributed by atoms with Gasteiger partial charge in [-0.1, -0.05) is 0 Å². The summed E-state index contributed by atoms with van der Waals surface area (Å²) in [4.78, 5) is 14.4. The fourth-order valence-corrected chi connectivity index (χ4v) is 4.29. The smallest absolute Gasteiger partial charge is 0.321 e. The van der Waals surface area contributed by atoms with Gasteiger partial charge in [0.15, 0.2) is 0 Å². The highest BCUT2D eigenvalue weighted by Crippen LogP contribution is 2.32. The van der Waals surface area contributed by atoms with Crippen LogP contribution < -0.4 is 9.80 Å². The number of nitriles is 1. The van der Waals surface area contributed by atoms with Crippen molar-refractivity contribution in [3.63, 3.8) is 0 Å². The topological polar surface area (TPSA) is 140 Å². The first-order chi connectivity index (χ1) is 14.6. The van der Waals surface area contributed by atoms with Crippen LogP contribution >= 0.6 is 0 Å². The van der Waals surface area contributed by atoms with Crippen molar-refractivity contribution >= 4 is 27.5 Å². The summed E-state index contributed by atoms with van der Waals surface area (Å²) in [5, 5.41) is 28.3. The number of piperidine rings is 1. The molecule has 2 heterocycles. The Hall–Kier alpha value is -2.46. The van der Waals surface area contributed by atoms with Gasteiger partial charge < -0.3 is 24.7 Å². The third-order valence-corrected chi connectivity index (χ3v) is 6.03. The van der Waals surface area contributed by atoms with Crippen LogP contribution in [0, 0.1) is 29.0 Å². The Morgan fingerprint density at radius 1 is 1.42 bits per heavy atom. The van der Waals surface area contributed by atoms with Crippen molar-refractivity contribution < 1.29 is 36.7 Å². The molecule has 2 aliphatic heterocycles. The van der Waals surface area contributed by atoms with Crippen molar-refractivity contribution in [1.29, 1.82) is 5.26 Å². The fourth-order valence-electron chi connectivity index (χ4n) is 3.89. The van der Waals surface area contributed by atoms with Gasteiger partial charge in [-0.05, 0) is 37.0 Å². The van der Waals surface area contributed by atoms with E-state index in [0.717, 1.165) is 6.26 Å². The van der Waals surface area contributed by atoms with Gasteiger partial charge in [-0.2, -0.15) is 13.7 Å². The van der Waals surface area contributed by atoms with Gasteiger partial charge >= 0.3 is 5.97 Å². The molecule has 3 atom stereocenters. The number of benzene rings is 1. The minimum absolute atomic E-state index is 0.117. The molecule has 0 spiro atoms. The molecular formula is C19H24FN3O7S. The van der Waals surface area contributed by atoms with Crippen LogP contribution in [-0.4, -0.2) is 69.6 Å². The number of rotatable bonds is 7. The average molecular weight is 457 g/mol. The molecule has 0 radical (unpaired) electrons. The third kappa shape index (κ3) is 5.62. The minimum atomic E-state index is -3.65. The first kappa shape index (κ1) is 23.2. The van der Waals surface area contributed by atoms with E-state index in [1.807, 2.05) is 6.07 Å². The molecule has 0 aliphatic carbocycles. The Kier molecular flexibility index (Phi) is 7.00. The van der Waals surface area contributed by atoms with E-state index in [9.17, 15) is 22.7 Å². The molecule has 0 bridgehead atoms. The molecule has 2 saturated heterocycles. The Balaban J connectivity index is 1.63. The first-order valence-electron chi connectivity index (χ1n) is 9.70. The Bertz CT molecular complexity index is 960. The van der Waals surface area contributed by atoms with Crippen LogP contribution in [0.25, 0.3) is 0 Å². The lowest BCUT2D eigenvalue weighted by Crippen LogP contribution is -2.38. The molecule has 3 rings (SSSR count). The highest BCUT2D eigenvalue weighted by molar-refractivity contribution is 7.85. The highest BCUT2D eigenvalue weighted by Gasteiger charge is 2.34. The number of aliphatic hydroxyl groups is 1. The zero-order valence-electron chi connectivity index (χ0n) is 16.8. The maximum Gasteiger partial charge on any atom is 0.321 e. The van der Waals surface area contributed by atoms with Crippen LogP contribution in [-0.2, 0) is 23.8 Å². The van der Waals surface area contributed by atoms with E-state index in [2.05, 4.69) is 4.18 Å². The predicted octanol–water partition coefficient (Wildman–Crippen LogP) is 0.724. The molecule has 1 aromatic rings. The van der Waals surface area contributed by atoms with E-state index in [4.69, 9.17) is 15.1 Å². The summed E-state index contributed by atoms with van der Waals surface area (Å²) < 4.78 is 47.0. The second kappa shape index (κ2) is 9.35. The summed E-state index contributed by atoms with van der Waals surface area (Å²) in [6.07, 6.45) is -0.226. The Morgan fingerprint density at radius 3 is 2.65 bits per heavy atom. The first-order valence-corrected chi connectivity index (χ1v) is 11.5. The summed E-state index contributed by atoms with van der Waals surface area (Å²) in [5.41, 5.74) is 0.707. The summed E-state index contributed by atoms with van der Waals surface area (Å²) in [5.74, 6) is -2.99. The monoisotopic (exact) mass is 457 g/mol. The number of anilines is 2.